The number of nitrogen functional groups attached to an aromatic ring is 1. The summed E-state index contributed by atoms with van der Waals surface area (Å²) >= 11 is 0. The first-order valence-electron chi connectivity index (χ1n) is 7.36. The van der Waals surface area contributed by atoms with Crippen LogP contribution in [0.1, 0.15) is 41.3 Å². The molecule has 3 N–H and O–H groups in total. The van der Waals surface area contributed by atoms with Crippen molar-refractivity contribution in [2.75, 3.05) is 11.1 Å². The quantitative estimate of drug-likeness (QED) is 0.809. The Bertz CT molecular complexity index is 618. The number of benzene rings is 2. The SMILES string of the molecule is CCCCc1ccc(NC(=O)c2ccc(N)c(C)c2)cc1. The highest BCUT2D eigenvalue weighted by Gasteiger charge is 2.07. The van der Waals surface area contributed by atoms with Crippen LogP contribution in [0.4, 0.5) is 11.4 Å². The molecule has 0 aliphatic heterocycles. The Morgan fingerprint density at radius 1 is 1.14 bits per heavy atom. The normalized spacial score (nSPS) is 10.4. The zero-order valence-electron chi connectivity index (χ0n) is 12.6. The van der Waals surface area contributed by atoms with Crippen LogP contribution in [0.2, 0.25) is 0 Å². The number of unbranched alkanes of at least 4 members (excludes halogenated alkanes) is 1. The van der Waals surface area contributed by atoms with Gasteiger partial charge in [0.2, 0.25) is 0 Å². The molecule has 2 rings (SSSR count). The van der Waals surface area contributed by atoms with Gasteiger partial charge in [0.15, 0.2) is 0 Å². The molecule has 0 bridgehead atoms. The molecule has 0 atom stereocenters. The fourth-order valence-electron chi connectivity index (χ4n) is 2.16. The fourth-order valence-corrected chi connectivity index (χ4v) is 2.16. The van der Waals surface area contributed by atoms with E-state index in [2.05, 4.69) is 24.4 Å². The first-order valence-corrected chi connectivity index (χ1v) is 7.36. The third-order valence-electron chi connectivity index (χ3n) is 3.56. The van der Waals surface area contributed by atoms with Crippen molar-refractivity contribution in [2.45, 2.75) is 33.1 Å². The molecule has 0 heterocycles. The molecule has 21 heavy (non-hydrogen) atoms. The molecule has 0 saturated carbocycles. The van der Waals surface area contributed by atoms with Crippen molar-refractivity contribution in [3.05, 3.63) is 59.2 Å². The third kappa shape index (κ3) is 4.09. The average Bonchev–Trinajstić information content (AvgIpc) is 2.49. The van der Waals surface area contributed by atoms with Crippen LogP contribution in [-0.2, 0) is 6.42 Å². The summed E-state index contributed by atoms with van der Waals surface area (Å²) < 4.78 is 0. The highest BCUT2D eigenvalue weighted by Crippen LogP contribution is 2.16. The van der Waals surface area contributed by atoms with E-state index in [9.17, 15) is 4.79 Å². The van der Waals surface area contributed by atoms with E-state index < -0.39 is 0 Å². The Morgan fingerprint density at radius 3 is 2.48 bits per heavy atom. The first kappa shape index (κ1) is 15.1. The van der Waals surface area contributed by atoms with Crippen LogP contribution in [0.25, 0.3) is 0 Å². The second-order valence-corrected chi connectivity index (χ2v) is 5.33. The van der Waals surface area contributed by atoms with Gasteiger partial charge in [-0.25, -0.2) is 0 Å². The molecule has 0 aromatic heterocycles. The van der Waals surface area contributed by atoms with E-state index in [1.165, 1.54) is 18.4 Å². The van der Waals surface area contributed by atoms with Gasteiger partial charge in [0.05, 0.1) is 0 Å². The molecule has 0 radical (unpaired) electrons. The van der Waals surface area contributed by atoms with E-state index in [1.807, 2.05) is 19.1 Å². The second kappa shape index (κ2) is 6.93. The number of hydrogen-bond donors (Lipinski definition) is 2. The number of nitrogens with two attached hydrogens (primary N) is 1. The number of amides is 1. The number of carbonyl (C=O) groups is 1. The zero-order valence-corrected chi connectivity index (χ0v) is 12.6. The number of hydrogen-bond acceptors (Lipinski definition) is 2. The van der Waals surface area contributed by atoms with Crippen LogP contribution >= 0.6 is 0 Å². The van der Waals surface area contributed by atoms with Crippen molar-refractivity contribution in [1.29, 1.82) is 0 Å². The van der Waals surface area contributed by atoms with Gasteiger partial charge in [-0.2, -0.15) is 0 Å². The van der Waals surface area contributed by atoms with E-state index in [0.717, 1.165) is 17.7 Å². The first-order chi connectivity index (χ1) is 10.1. The zero-order chi connectivity index (χ0) is 15.2. The van der Waals surface area contributed by atoms with Crippen LogP contribution in [0.5, 0.6) is 0 Å². The number of anilines is 2. The summed E-state index contributed by atoms with van der Waals surface area (Å²) in [6.45, 7) is 4.08. The average molecular weight is 282 g/mol. The van der Waals surface area contributed by atoms with Crippen LogP contribution in [0, 0.1) is 6.92 Å². The summed E-state index contributed by atoms with van der Waals surface area (Å²) in [4.78, 5) is 12.2. The van der Waals surface area contributed by atoms with Crippen molar-refractivity contribution in [2.24, 2.45) is 0 Å². The van der Waals surface area contributed by atoms with Crippen LogP contribution in [0.3, 0.4) is 0 Å². The summed E-state index contributed by atoms with van der Waals surface area (Å²) in [6.07, 6.45) is 3.47. The maximum Gasteiger partial charge on any atom is 0.255 e. The van der Waals surface area contributed by atoms with E-state index in [-0.39, 0.29) is 5.91 Å². The monoisotopic (exact) mass is 282 g/mol. The van der Waals surface area contributed by atoms with Crippen molar-refractivity contribution in [1.82, 2.24) is 0 Å². The van der Waals surface area contributed by atoms with Crippen molar-refractivity contribution < 1.29 is 4.79 Å². The Labute approximate surface area is 126 Å². The Morgan fingerprint density at radius 2 is 1.86 bits per heavy atom. The van der Waals surface area contributed by atoms with Gasteiger partial charge in [0.1, 0.15) is 0 Å². The predicted octanol–water partition coefficient (Wildman–Crippen LogP) is 4.17. The third-order valence-corrected chi connectivity index (χ3v) is 3.56. The predicted molar refractivity (Wildman–Crippen MR) is 88.6 cm³/mol. The Balaban J connectivity index is 2.03. The molecule has 0 unspecified atom stereocenters. The van der Waals surface area contributed by atoms with Gasteiger partial charge in [0, 0.05) is 16.9 Å². The molecule has 0 spiro atoms. The molecule has 1 amide bonds. The molecule has 0 saturated heterocycles. The highest BCUT2D eigenvalue weighted by molar-refractivity contribution is 6.04. The second-order valence-electron chi connectivity index (χ2n) is 5.33. The van der Waals surface area contributed by atoms with E-state index in [0.29, 0.717) is 11.3 Å². The summed E-state index contributed by atoms with van der Waals surface area (Å²) in [6, 6.07) is 13.4. The van der Waals surface area contributed by atoms with Crippen molar-refractivity contribution in [3.8, 4) is 0 Å². The van der Waals surface area contributed by atoms with Gasteiger partial charge in [-0.05, 0) is 61.2 Å². The Kier molecular flexibility index (Phi) is 4.99. The van der Waals surface area contributed by atoms with Crippen LogP contribution < -0.4 is 11.1 Å². The number of nitrogens with one attached hydrogen (secondary N) is 1. The van der Waals surface area contributed by atoms with Crippen molar-refractivity contribution >= 4 is 17.3 Å². The lowest BCUT2D eigenvalue weighted by molar-refractivity contribution is 0.102. The summed E-state index contributed by atoms with van der Waals surface area (Å²) in [5.41, 5.74) is 10.1. The van der Waals surface area contributed by atoms with Gasteiger partial charge >= 0.3 is 0 Å². The fraction of sp³-hybridized carbons (Fsp3) is 0.278. The maximum absolute atomic E-state index is 12.2. The van der Waals surface area contributed by atoms with Crippen molar-refractivity contribution in [3.63, 3.8) is 0 Å². The molecule has 3 nitrogen and oxygen atoms in total. The molecule has 2 aromatic carbocycles. The molecule has 0 aliphatic rings. The highest BCUT2D eigenvalue weighted by atomic mass is 16.1. The molecule has 2 aromatic rings. The lowest BCUT2D eigenvalue weighted by atomic mass is 10.1. The number of aryl methyl sites for hydroxylation is 2. The minimum absolute atomic E-state index is 0.112. The van der Waals surface area contributed by atoms with Crippen LogP contribution in [-0.4, -0.2) is 5.91 Å². The molecular formula is C18H22N2O. The summed E-state index contributed by atoms with van der Waals surface area (Å²) in [5, 5.41) is 2.91. The lowest BCUT2D eigenvalue weighted by Crippen LogP contribution is -2.12. The minimum atomic E-state index is -0.112. The number of rotatable bonds is 5. The largest absolute Gasteiger partial charge is 0.399 e. The van der Waals surface area contributed by atoms with E-state index >= 15 is 0 Å². The molecule has 0 fully saturated rings. The standard InChI is InChI=1S/C18H22N2O/c1-3-4-5-14-6-9-16(10-7-14)20-18(21)15-8-11-17(19)13(2)12-15/h6-12H,3-5,19H2,1-2H3,(H,20,21). The molecule has 3 heteroatoms. The van der Waals surface area contributed by atoms with Gasteiger partial charge in [-0.3, -0.25) is 4.79 Å². The molecular weight excluding hydrogens is 260 g/mol. The van der Waals surface area contributed by atoms with E-state index in [1.54, 1.807) is 18.2 Å². The number of carbonyl (C=O) groups excluding carboxylic acids is 1. The maximum atomic E-state index is 12.2. The van der Waals surface area contributed by atoms with Crippen LogP contribution in [0.15, 0.2) is 42.5 Å². The summed E-state index contributed by atoms with van der Waals surface area (Å²) in [5.74, 6) is -0.112. The van der Waals surface area contributed by atoms with Gasteiger partial charge in [0.25, 0.3) is 5.91 Å². The Hall–Kier alpha value is -2.29. The summed E-state index contributed by atoms with van der Waals surface area (Å²) in [7, 11) is 0. The topological polar surface area (TPSA) is 55.1 Å². The van der Waals surface area contributed by atoms with Gasteiger partial charge < -0.3 is 11.1 Å². The molecule has 110 valence electrons. The lowest BCUT2D eigenvalue weighted by Gasteiger charge is -2.08. The molecule has 0 aliphatic carbocycles. The minimum Gasteiger partial charge on any atom is -0.399 e. The van der Waals surface area contributed by atoms with Gasteiger partial charge in [-0.15, -0.1) is 0 Å². The van der Waals surface area contributed by atoms with Gasteiger partial charge in [-0.1, -0.05) is 25.5 Å². The smallest absolute Gasteiger partial charge is 0.255 e. The van der Waals surface area contributed by atoms with E-state index in [4.69, 9.17) is 5.73 Å².